The molecule has 1 aliphatic rings. The smallest absolute Gasteiger partial charge is 0.292 e. The molecule has 0 amide bonds. The van der Waals surface area contributed by atoms with E-state index in [0.29, 0.717) is 29.9 Å². The highest BCUT2D eigenvalue weighted by molar-refractivity contribution is 6.32. The van der Waals surface area contributed by atoms with Crippen molar-refractivity contribution in [3.8, 4) is 5.69 Å². The molecular formula is C20H27ClN4O2. The van der Waals surface area contributed by atoms with Crippen LogP contribution in [-0.4, -0.2) is 53.6 Å². The van der Waals surface area contributed by atoms with Crippen LogP contribution >= 0.6 is 11.6 Å². The van der Waals surface area contributed by atoms with Gasteiger partial charge in [-0.25, -0.2) is 0 Å². The van der Waals surface area contributed by atoms with E-state index in [2.05, 4.69) is 29.2 Å². The van der Waals surface area contributed by atoms with Gasteiger partial charge in [0.1, 0.15) is 5.02 Å². The fourth-order valence-electron chi connectivity index (χ4n) is 3.39. The zero-order valence-electron chi connectivity index (χ0n) is 15.9. The molecule has 1 aromatic heterocycles. The Bertz CT molecular complexity index is 788. The molecule has 146 valence electrons. The van der Waals surface area contributed by atoms with Crippen molar-refractivity contribution in [2.24, 2.45) is 5.92 Å². The van der Waals surface area contributed by atoms with E-state index < -0.39 is 0 Å². The highest BCUT2D eigenvalue weighted by Crippen LogP contribution is 2.19. The number of hydrogen-bond acceptors (Lipinski definition) is 5. The van der Waals surface area contributed by atoms with Crippen molar-refractivity contribution in [1.29, 1.82) is 0 Å². The third-order valence-electron chi connectivity index (χ3n) is 4.75. The molecule has 1 N–H and O–H groups in total. The van der Waals surface area contributed by atoms with Gasteiger partial charge in [-0.1, -0.05) is 43.6 Å². The van der Waals surface area contributed by atoms with Gasteiger partial charge >= 0.3 is 0 Å². The van der Waals surface area contributed by atoms with Crippen LogP contribution in [0, 0.1) is 5.92 Å². The summed E-state index contributed by atoms with van der Waals surface area (Å²) < 4.78 is 6.79. The average Bonchev–Trinajstić information content (AvgIpc) is 2.69. The molecule has 0 unspecified atom stereocenters. The van der Waals surface area contributed by atoms with E-state index in [4.69, 9.17) is 16.3 Å². The first kappa shape index (κ1) is 19.9. The van der Waals surface area contributed by atoms with Crippen LogP contribution in [0.25, 0.3) is 5.69 Å². The van der Waals surface area contributed by atoms with Gasteiger partial charge in [0.2, 0.25) is 0 Å². The predicted octanol–water partition coefficient (Wildman–Crippen LogP) is 3.04. The molecule has 1 aromatic carbocycles. The maximum Gasteiger partial charge on any atom is 0.292 e. The first-order chi connectivity index (χ1) is 13.1. The predicted molar refractivity (Wildman–Crippen MR) is 109 cm³/mol. The lowest BCUT2D eigenvalue weighted by atomic mass is 10.0. The summed E-state index contributed by atoms with van der Waals surface area (Å²) in [5, 5.41) is 7.80. The topological polar surface area (TPSA) is 59.4 Å². The first-order valence-electron chi connectivity index (χ1n) is 9.45. The molecule has 3 rings (SSSR count). The van der Waals surface area contributed by atoms with Crippen molar-refractivity contribution >= 4 is 17.3 Å². The number of rotatable bonds is 7. The Labute approximate surface area is 165 Å². The Hall–Kier alpha value is -1.89. The summed E-state index contributed by atoms with van der Waals surface area (Å²) in [5.74, 6) is 0.583. The zero-order valence-corrected chi connectivity index (χ0v) is 16.7. The number of morpholine rings is 1. The second kappa shape index (κ2) is 9.35. The van der Waals surface area contributed by atoms with Gasteiger partial charge in [0, 0.05) is 25.7 Å². The van der Waals surface area contributed by atoms with E-state index in [0.717, 1.165) is 32.7 Å². The van der Waals surface area contributed by atoms with Crippen LogP contribution in [0.3, 0.4) is 0 Å². The number of ether oxygens (including phenoxy) is 1. The Morgan fingerprint density at radius 1 is 1.22 bits per heavy atom. The van der Waals surface area contributed by atoms with E-state index in [1.165, 1.54) is 4.68 Å². The molecule has 0 bridgehead atoms. The fourth-order valence-corrected chi connectivity index (χ4v) is 3.58. The van der Waals surface area contributed by atoms with Crippen molar-refractivity contribution in [3.05, 3.63) is 51.9 Å². The minimum Gasteiger partial charge on any atom is -0.381 e. The number of nitrogens with zero attached hydrogens (tertiary/aromatic N) is 3. The van der Waals surface area contributed by atoms with Gasteiger partial charge in [0.05, 0.1) is 30.8 Å². The first-order valence-corrected chi connectivity index (χ1v) is 9.83. The highest BCUT2D eigenvalue weighted by atomic mass is 35.5. The monoisotopic (exact) mass is 390 g/mol. The molecule has 2 aromatic rings. The van der Waals surface area contributed by atoms with Crippen LogP contribution in [0.15, 0.2) is 41.3 Å². The lowest BCUT2D eigenvalue weighted by molar-refractivity contribution is 0.0151. The largest absolute Gasteiger partial charge is 0.381 e. The Morgan fingerprint density at radius 2 is 1.93 bits per heavy atom. The molecule has 1 fully saturated rings. The van der Waals surface area contributed by atoms with Gasteiger partial charge in [-0.05, 0) is 24.5 Å². The van der Waals surface area contributed by atoms with Gasteiger partial charge in [0.15, 0.2) is 0 Å². The van der Waals surface area contributed by atoms with Crippen molar-refractivity contribution in [1.82, 2.24) is 14.7 Å². The quantitative estimate of drug-likeness (QED) is 0.787. The Kier molecular flexibility index (Phi) is 6.88. The lowest BCUT2D eigenvalue weighted by Gasteiger charge is -2.35. The number of benzene rings is 1. The third kappa shape index (κ3) is 5.09. The summed E-state index contributed by atoms with van der Waals surface area (Å²) in [6.07, 6.45) is 2.70. The molecule has 7 heteroatoms. The summed E-state index contributed by atoms with van der Waals surface area (Å²) in [7, 11) is 0. The van der Waals surface area contributed by atoms with E-state index in [-0.39, 0.29) is 10.6 Å². The summed E-state index contributed by atoms with van der Waals surface area (Å²) in [6, 6.07) is 9.64. The van der Waals surface area contributed by atoms with E-state index >= 15 is 0 Å². The maximum absolute atomic E-state index is 12.6. The second-order valence-electron chi connectivity index (χ2n) is 7.24. The van der Waals surface area contributed by atoms with Crippen molar-refractivity contribution < 1.29 is 4.74 Å². The van der Waals surface area contributed by atoms with Crippen LogP contribution in [0.2, 0.25) is 5.02 Å². The molecule has 6 nitrogen and oxygen atoms in total. The van der Waals surface area contributed by atoms with Crippen LogP contribution in [-0.2, 0) is 4.74 Å². The number of hydrogen-bond donors (Lipinski definition) is 1. The molecule has 1 aliphatic heterocycles. The number of anilines is 1. The average molecular weight is 391 g/mol. The fraction of sp³-hybridized carbons (Fsp3) is 0.500. The van der Waals surface area contributed by atoms with Crippen LogP contribution in [0.4, 0.5) is 5.69 Å². The van der Waals surface area contributed by atoms with Gasteiger partial charge in [-0.3, -0.25) is 9.69 Å². The minimum absolute atomic E-state index is 0.166. The zero-order chi connectivity index (χ0) is 19.2. The summed E-state index contributed by atoms with van der Waals surface area (Å²) >= 11 is 6.35. The lowest BCUT2D eigenvalue weighted by Crippen LogP contribution is -2.47. The standard InChI is InChI=1S/C20H27ClN4O2/c1-15(2)12-17(24-8-10-27-11-9-24)13-22-18-14-23-25(20(26)19(18)21)16-6-4-3-5-7-16/h3-7,14-15,17,22H,8-13H2,1-2H3/t17-/m0/s1. The van der Waals surface area contributed by atoms with Gasteiger partial charge < -0.3 is 10.1 Å². The molecule has 1 saturated heterocycles. The van der Waals surface area contributed by atoms with E-state index in [9.17, 15) is 4.79 Å². The van der Waals surface area contributed by atoms with Crippen molar-refractivity contribution in [2.45, 2.75) is 26.3 Å². The van der Waals surface area contributed by atoms with Crippen LogP contribution in [0.1, 0.15) is 20.3 Å². The van der Waals surface area contributed by atoms with Gasteiger partial charge in [-0.15, -0.1) is 0 Å². The summed E-state index contributed by atoms with van der Waals surface area (Å²) in [5.41, 5.74) is 0.956. The highest BCUT2D eigenvalue weighted by Gasteiger charge is 2.22. The molecule has 2 heterocycles. The van der Waals surface area contributed by atoms with Crippen LogP contribution < -0.4 is 10.9 Å². The third-order valence-corrected chi connectivity index (χ3v) is 5.12. The van der Waals surface area contributed by atoms with Crippen molar-refractivity contribution in [2.75, 3.05) is 38.2 Å². The number of aromatic nitrogens is 2. The molecule has 0 aliphatic carbocycles. The summed E-state index contributed by atoms with van der Waals surface area (Å²) in [6.45, 7) is 8.57. The number of halogens is 1. The van der Waals surface area contributed by atoms with Gasteiger partial charge in [0.25, 0.3) is 5.56 Å². The molecule has 0 saturated carbocycles. The Balaban J connectivity index is 1.74. The maximum atomic E-state index is 12.6. The van der Waals surface area contributed by atoms with E-state index in [1.807, 2.05) is 30.3 Å². The molecule has 0 radical (unpaired) electrons. The SMILES string of the molecule is CC(C)C[C@@H](CNc1cnn(-c2ccccc2)c(=O)c1Cl)N1CCOCC1. The van der Waals surface area contributed by atoms with Gasteiger partial charge in [-0.2, -0.15) is 9.78 Å². The number of para-hydroxylation sites is 1. The molecule has 27 heavy (non-hydrogen) atoms. The molecular weight excluding hydrogens is 364 g/mol. The minimum atomic E-state index is -0.320. The van der Waals surface area contributed by atoms with Crippen LogP contribution in [0.5, 0.6) is 0 Å². The second-order valence-corrected chi connectivity index (χ2v) is 7.62. The molecule has 0 spiro atoms. The number of nitrogens with one attached hydrogen (secondary N) is 1. The normalized spacial score (nSPS) is 16.4. The van der Waals surface area contributed by atoms with E-state index in [1.54, 1.807) is 6.20 Å². The Morgan fingerprint density at radius 3 is 2.59 bits per heavy atom. The van der Waals surface area contributed by atoms with Crippen molar-refractivity contribution in [3.63, 3.8) is 0 Å². The summed E-state index contributed by atoms with van der Waals surface area (Å²) in [4.78, 5) is 15.1. The molecule has 1 atom stereocenters.